The van der Waals surface area contributed by atoms with E-state index in [0.717, 1.165) is 16.9 Å². The molecule has 0 saturated heterocycles. The van der Waals surface area contributed by atoms with Crippen LogP contribution in [0, 0.1) is 0 Å². The predicted octanol–water partition coefficient (Wildman–Crippen LogP) is 4.96. The molecule has 3 rings (SSSR count). The third-order valence-corrected chi connectivity index (χ3v) is 4.14. The number of hydrogen-bond donors (Lipinski definition) is 3. The fourth-order valence-corrected chi connectivity index (χ4v) is 2.78. The third-order valence-electron chi connectivity index (χ3n) is 4.14. The van der Waals surface area contributed by atoms with Gasteiger partial charge in [0.25, 0.3) is 0 Å². The molecule has 0 spiro atoms. The second-order valence-electron chi connectivity index (χ2n) is 6.03. The maximum Gasteiger partial charge on any atom is 0.323 e. The van der Waals surface area contributed by atoms with Crippen molar-refractivity contribution in [3.05, 3.63) is 78.4 Å². The molecule has 6 heteroatoms. The molecule has 3 aromatic carbocycles. The first-order chi connectivity index (χ1) is 13.7. The molecule has 0 fully saturated rings. The molecule has 0 unspecified atom stereocenters. The van der Waals surface area contributed by atoms with E-state index in [0.29, 0.717) is 23.7 Å². The second kappa shape index (κ2) is 9.32. The summed E-state index contributed by atoms with van der Waals surface area (Å²) in [5, 5.41) is 8.94. The Kier molecular flexibility index (Phi) is 6.36. The van der Waals surface area contributed by atoms with Crippen molar-refractivity contribution in [3.63, 3.8) is 0 Å². The molecular weight excluding hydrogens is 354 g/mol. The smallest absolute Gasteiger partial charge is 0.323 e. The van der Waals surface area contributed by atoms with Gasteiger partial charge in [0.15, 0.2) is 11.5 Å². The van der Waals surface area contributed by atoms with Crippen molar-refractivity contribution >= 4 is 23.1 Å². The number of hydrogen-bond acceptors (Lipinski definition) is 4. The van der Waals surface area contributed by atoms with Crippen LogP contribution in [0.1, 0.15) is 5.56 Å². The van der Waals surface area contributed by atoms with E-state index in [-0.39, 0.29) is 6.03 Å². The summed E-state index contributed by atoms with van der Waals surface area (Å²) in [6.45, 7) is 0.585. The number of carbonyl (C=O) groups excluding carboxylic acids is 1. The van der Waals surface area contributed by atoms with Crippen LogP contribution in [0.5, 0.6) is 11.5 Å². The number of rotatable bonds is 7. The Labute approximate surface area is 164 Å². The average Bonchev–Trinajstić information content (AvgIpc) is 2.73. The highest BCUT2D eigenvalue weighted by Gasteiger charge is 2.09. The molecule has 0 heterocycles. The summed E-state index contributed by atoms with van der Waals surface area (Å²) >= 11 is 0. The Bertz CT molecular complexity index is 912. The van der Waals surface area contributed by atoms with Gasteiger partial charge in [0.2, 0.25) is 0 Å². The van der Waals surface area contributed by atoms with E-state index in [1.165, 1.54) is 0 Å². The van der Waals surface area contributed by atoms with Crippen LogP contribution in [-0.4, -0.2) is 20.3 Å². The summed E-state index contributed by atoms with van der Waals surface area (Å²) in [5.41, 5.74) is 3.37. The van der Waals surface area contributed by atoms with Crippen LogP contribution in [-0.2, 0) is 6.54 Å². The van der Waals surface area contributed by atoms with Gasteiger partial charge in [-0.15, -0.1) is 0 Å². The number of nitrogens with one attached hydrogen (secondary N) is 3. The van der Waals surface area contributed by atoms with Crippen molar-refractivity contribution in [3.8, 4) is 11.5 Å². The van der Waals surface area contributed by atoms with Crippen LogP contribution in [0.15, 0.2) is 72.8 Å². The lowest BCUT2D eigenvalue weighted by atomic mass is 10.1. The zero-order chi connectivity index (χ0) is 19.8. The second-order valence-corrected chi connectivity index (χ2v) is 6.03. The molecule has 3 N–H and O–H groups in total. The van der Waals surface area contributed by atoms with Crippen LogP contribution in [0.25, 0.3) is 0 Å². The normalized spacial score (nSPS) is 10.1. The van der Waals surface area contributed by atoms with E-state index in [2.05, 4.69) is 16.0 Å². The number of para-hydroxylation sites is 2. The van der Waals surface area contributed by atoms with Gasteiger partial charge in [-0.25, -0.2) is 4.79 Å². The summed E-state index contributed by atoms with van der Waals surface area (Å²) in [5.74, 6) is 1.42. The molecule has 0 aliphatic carbocycles. The Morgan fingerprint density at radius 3 is 2.04 bits per heavy atom. The van der Waals surface area contributed by atoms with Gasteiger partial charge in [0.05, 0.1) is 14.2 Å². The highest BCUT2D eigenvalue weighted by atomic mass is 16.5. The Morgan fingerprint density at radius 1 is 0.750 bits per heavy atom. The lowest BCUT2D eigenvalue weighted by Gasteiger charge is -2.14. The molecule has 0 saturated carbocycles. The maximum atomic E-state index is 12.0. The standard InChI is InChI=1S/C22H23N3O3/c1-27-20-10-6-7-16(21(20)28-2)15-23-17-11-13-19(14-12-17)25-22(26)24-18-8-4-3-5-9-18/h3-14,23H,15H2,1-2H3,(H2,24,25,26). The summed E-state index contributed by atoms with van der Waals surface area (Å²) < 4.78 is 10.8. The molecule has 0 aliphatic heterocycles. The number of benzene rings is 3. The van der Waals surface area contributed by atoms with E-state index in [9.17, 15) is 4.79 Å². The lowest BCUT2D eigenvalue weighted by molar-refractivity contribution is 0.262. The van der Waals surface area contributed by atoms with Gasteiger partial charge in [0, 0.05) is 29.2 Å². The number of urea groups is 1. The fraction of sp³-hybridized carbons (Fsp3) is 0.136. The minimum Gasteiger partial charge on any atom is -0.493 e. The zero-order valence-electron chi connectivity index (χ0n) is 15.9. The van der Waals surface area contributed by atoms with Crippen molar-refractivity contribution in [1.29, 1.82) is 0 Å². The molecule has 6 nitrogen and oxygen atoms in total. The maximum absolute atomic E-state index is 12.0. The minimum atomic E-state index is -0.284. The molecule has 0 atom stereocenters. The summed E-state index contributed by atoms with van der Waals surface area (Å²) in [7, 11) is 3.25. The lowest BCUT2D eigenvalue weighted by Crippen LogP contribution is -2.19. The molecular formula is C22H23N3O3. The van der Waals surface area contributed by atoms with Gasteiger partial charge < -0.3 is 25.4 Å². The first kappa shape index (κ1) is 19.1. The molecule has 2 amide bonds. The fourth-order valence-electron chi connectivity index (χ4n) is 2.78. The van der Waals surface area contributed by atoms with Crippen LogP contribution < -0.4 is 25.4 Å². The summed E-state index contributed by atoms with van der Waals surface area (Å²) in [6.07, 6.45) is 0. The SMILES string of the molecule is COc1cccc(CNc2ccc(NC(=O)Nc3ccccc3)cc2)c1OC. The number of ether oxygens (including phenoxy) is 2. The van der Waals surface area contributed by atoms with Crippen LogP contribution >= 0.6 is 0 Å². The van der Waals surface area contributed by atoms with Gasteiger partial charge in [-0.2, -0.15) is 0 Å². The average molecular weight is 377 g/mol. The monoisotopic (exact) mass is 377 g/mol. The van der Waals surface area contributed by atoms with Crippen LogP contribution in [0.2, 0.25) is 0 Å². The van der Waals surface area contributed by atoms with Crippen LogP contribution in [0.3, 0.4) is 0 Å². The molecule has 3 aromatic rings. The highest BCUT2D eigenvalue weighted by molar-refractivity contribution is 5.99. The first-order valence-corrected chi connectivity index (χ1v) is 8.86. The molecule has 28 heavy (non-hydrogen) atoms. The Hall–Kier alpha value is -3.67. The number of amides is 2. The molecule has 0 aliphatic rings. The van der Waals surface area contributed by atoms with Crippen molar-refractivity contribution in [2.45, 2.75) is 6.54 Å². The topological polar surface area (TPSA) is 71.6 Å². The molecule has 144 valence electrons. The highest BCUT2D eigenvalue weighted by Crippen LogP contribution is 2.31. The largest absolute Gasteiger partial charge is 0.493 e. The zero-order valence-corrected chi connectivity index (χ0v) is 15.9. The van der Waals surface area contributed by atoms with E-state index < -0.39 is 0 Å². The van der Waals surface area contributed by atoms with Gasteiger partial charge in [-0.05, 0) is 42.5 Å². The minimum absolute atomic E-state index is 0.284. The number of anilines is 3. The summed E-state index contributed by atoms with van der Waals surface area (Å²) in [6, 6.07) is 22.3. The van der Waals surface area contributed by atoms with Crippen molar-refractivity contribution in [2.75, 3.05) is 30.2 Å². The van der Waals surface area contributed by atoms with Crippen molar-refractivity contribution in [2.24, 2.45) is 0 Å². The Balaban J connectivity index is 1.57. The molecule has 0 radical (unpaired) electrons. The summed E-state index contributed by atoms with van der Waals surface area (Å²) in [4.78, 5) is 12.0. The van der Waals surface area contributed by atoms with Gasteiger partial charge in [-0.3, -0.25) is 0 Å². The predicted molar refractivity (Wildman–Crippen MR) is 112 cm³/mol. The van der Waals surface area contributed by atoms with Gasteiger partial charge in [0.1, 0.15) is 0 Å². The Morgan fingerprint density at radius 2 is 1.39 bits per heavy atom. The first-order valence-electron chi connectivity index (χ1n) is 8.86. The number of carbonyl (C=O) groups is 1. The van der Waals surface area contributed by atoms with Crippen LogP contribution in [0.4, 0.5) is 21.9 Å². The molecule has 0 bridgehead atoms. The van der Waals surface area contributed by atoms with Gasteiger partial charge in [-0.1, -0.05) is 30.3 Å². The van der Waals surface area contributed by atoms with E-state index in [1.54, 1.807) is 14.2 Å². The van der Waals surface area contributed by atoms with E-state index in [4.69, 9.17) is 9.47 Å². The van der Waals surface area contributed by atoms with Gasteiger partial charge >= 0.3 is 6.03 Å². The van der Waals surface area contributed by atoms with E-state index >= 15 is 0 Å². The molecule has 0 aromatic heterocycles. The van der Waals surface area contributed by atoms with Crippen molar-refractivity contribution in [1.82, 2.24) is 0 Å². The van der Waals surface area contributed by atoms with Crippen molar-refractivity contribution < 1.29 is 14.3 Å². The third kappa shape index (κ3) is 4.94. The quantitative estimate of drug-likeness (QED) is 0.544. The number of methoxy groups -OCH3 is 2. The van der Waals surface area contributed by atoms with E-state index in [1.807, 2.05) is 72.8 Å².